The van der Waals surface area contributed by atoms with Gasteiger partial charge >= 0.3 is 5.97 Å². The molecule has 1 N–H and O–H groups in total. The van der Waals surface area contributed by atoms with E-state index in [1.54, 1.807) is 29.8 Å². The lowest BCUT2D eigenvalue weighted by Crippen LogP contribution is -2.22. The predicted octanol–water partition coefficient (Wildman–Crippen LogP) is 4.01. The van der Waals surface area contributed by atoms with Crippen molar-refractivity contribution in [1.82, 2.24) is 14.8 Å². The Morgan fingerprint density at radius 1 is 1.05 bits per heavy atom. The normalized spacial score (nSPS) is 12.6. The quantitative estimate of drug-likeness (QED) is 0.387. The molecule has 0 fully saturated rings. The molecular formula is C28H27N3O5S. The summed E-state index contributed by atoms with van der Waals surface area (Å²) in [5.41, 5.74) is 5.23. The van der Waals surface area contributed by atoms with Crippen LogP contribution in [-0.4, -0.2) is 35.8 Å². The smallest absolute Gasteiger partial charge is 0.359 e. The lowest BCUT2D eigenvalue weighted by Gasteiger charge is -2.19. The summed E-state index contributed by atoms with van der Waals surface area (Å²) >= 11 is 0. The van der Waals surface area contributed by atoms with Gasteiger partial charge in [-0.3, -0.25) is 9.48 Å². The summed E-state index contributed by atoms with van der Waals surface area (Å²) in [7, 11) is -4.00. The van der Waals surface area contributed by atoms with Gasteiger partial charge in [-0.05, 0) is 74.1 Å². The van der Waals surface area contributed by atoms with Gasteiger partial charge in [0, 0.05) is 5.56 Å². The maximum atomic E-state index is 13.2. The largest absolute Gasteiger partial charge is 0.461 e. The Hall–Kier alpha value is -3.98. The first kappa shape index (κ1) is 24.7. The molecule has 4 aromatic rings. The second-order valence-corrected chi connectivity index (χ2v) is 11.1. The van der Waals surface area contributed by atoms with E-state index in [1.165, 1.54) is 23.8 Å². The number of carbonyl (C=O) groups is 1. The highest BCUT2D eigenvalue weighted by atomic mass is 32.2. The van der Waals surface area contributed by atoms with Crippen LogP contribution in [0.25, 0.3) is 11.4 Å². The van der Waals surface area contributed by atoms with Gasteiger partial charge in [-0.2, -0.15) is 5.10 Å². The van der Waals surface area contributed by atoms with Crippen molar-refractivity contribution in [2.24, 2.45) is 0 Å². The number of aryl methyl sites for hydroxylation is 3. The molecule has 0 bridgehead atoms. The number of rotatable bonds is 6. The average Bonchev–Trinajstić information content (AvgIpc) is 3.25. The molecule has 0 aliphatic heterocycles. The first-order valence-electron chi connectivity index (χ1n) is 12.1. The van der Waals surface area contributed by atoms with E-state index in [4.69, 9.17) is 4.74 Å². The summed E-state index contributed by atoms with van der Waals surface area (Å²) in [6.07, 6.45) is 0.901. The molecule has 1 aliphatic rings. The Morgan fingerprint density at radius 3 is 2.51 bits per heavy atom. The summed E-state index contributed by atoms with van der Waals surface area (Å²) in [6, 6.07) is 15.4. The number of ether oxygens (including phenoxy) is 1. The van der Waals surface area contributed by atoms with E-state index in [1.807, 2.05) is 26.0 Å². The molecule has 2 aromatic carbocycles. The summed E-state index contributed by atoms with van der Waals surface area (Å²) < 4.78 is 33.4. The van der Waals surface area contributed by atoms with Gasteiger partial charge in [0.1, 0.15) is 4.90 Å². The van der Waals surface area contributed by atoms with E-state index >= 15 is 0 Å². The molecule has 190 valence electrons. The van der Waals surface area contributed by atoms with Crippen LogP contribution in [0.2, 0.25) is 0 Å². The highest BCUT2D eigenvalue weighted by Gasteiger charge is 2.32. The van der Waals surface area contributed by atoms with Gasteiger partial charge < -0.3 is 9.72 Å². The zero-order chi connectivity index (χ0) is 26.3. The zero-order valence-electron chi connectivity index (χ0n) is 20.9. The first-order valence-corrected chi connectivity index (χ1v) is 13.6. The fraction of sp³-hybridized carbons (Fsp3) is 0.250. The summed E-state index contributed by atoms with van der Waals surface area (Å²) in [6.45, 7) is 6.39. The summed E-state index contributed by atoms with van der Waals surface area (Å²) in [5.74, 6) is -0.522. The van der Waals surface area contributed by atoms with E-state index < -0.39 is 21.4 Å². The number of nitrogens with zero attached hydrogens (tertiary/aromatic N) is 2. The minimum Gasteiger partial charge on any atom is -0.461 e. The molecule has 9 heteroatoms. The third-order valence-electron chi connectivity index (χ3n) is 6.74. The van der Waals surface area contributed by atoms with Crippen LogP contribution in [-0.2, 0) is 34.0 Å². The van der Waals surface area contributed by atoms with Crippen molar-refractivity contribution in [3.63, 3.8) is 0 Å². The van der Waals surface area contributed by atoms with Crippen LogP contribution in [0.15, 0.2) is 69.2 Å². The monoisotopic (exact) mass is 517 g/mol. The predicted molar refractivity (Wildman–Crippen MR) is 139 cm³/mol. The zero-order valence-corrected chi connectivity index (χ0v) is 21.7. The molecular weight excluding hydrogens is 490 g/mol. The number of sulfone groups is 1. The van der Waals surface area contributed by atoms with Gasteiger partial charge in [0.15, 0.2) is 5.69 Å². The van der Waals surface area contributed by atoms with Crippen LogP contribution in [0.4, 0.5) is 0 Å². The van der Waals surface area contributed by atoms with Crippen molar-refractivity contribution in [3.05, 3.63) is 98.5 Å². The number of fused-ring (bicyclic) bond motifs is 3. The Labute approximate surface area is 214 Å². The lowest BCUT2D eigenvalue weighted by atomic mass is 9.92. The van der Waals surface area contributed by atoms with Crippen molar-refractivity contribution in [2.75, 3.05) is 6.61 Å². The first-order chi connectivity index (χ1) is 17.7. The number of pyridine rings is 1. The SMILES string of the molecule is CCOC(=O)c1nn(Cc2ccc(C)c(C)c2)c2c1CCc1cc(S(=O)(=O)c3ccccc3)c(=O)[nH]c1-2. The number of benzene rings is 2. The second kappa shape index (κ2) is 9.48. The Kier molecular flexibility index (Phi) is 6.33. The molecule has 0 radical (unpaired) electrons. The van der Waals surface area contributed by atoms with E-state index in [-0.39, 0.29) is 22.1 Å². The molecule has 0 saturated carbocycles. The van der Waals surface area contributed by atoms with Gasteiger partial charge in [0.25, 0.3) is 5.56 Å². The molecule has 37 heavy (non-hydrogen) atoms. The second-order valence-electron chi connectivity index (χ2n) is 9.15. The van der Waals surface area contributed by atoms with Crippen molar-refractivity contribution < 1.29 is 17.9 Å². The molecule has 0 saturated heterocycles. The third-order valence-corrected chi connectivity index (χ3v) is 8.51. The van der Waals surface area contributed by atoms with Crippen LogP contribution in [0, 0.1) is 13.8 Å². The van der Waals surface area contributed by atoms with Crippen LogP contribution in [0.5, 0.6) is 0 Å². The minimum atomic E-state index is -4.00. The van der Waals surface area contributed by atoms with Gasteiger partial charge in [0.05, 0.1) is 29.4 Å². The lowest BCUT2D eigenvalue weighted by molar-refractivity contribution is 0.0517. The summed E-state index contributed by atoms with van der Waals surface area (Å²) in [5, 5.41) is 4.61. The average molecular weight is 518 g/mol. The topological polar surface area (TPSA) is 111 Å². The fourth-order valence-corrected chi connectivity index (χ4v) is 6.08. The van der Waals surface area contributed by atoms with Gasteiger partial charge in [-0.25, -0.2) is 13.2 Å². The van der Waals surface area contributed by atoms with Crippen LogP contribution in [0.3, 0.4) is 0 Å². The van der Waals surface area contributed by atoms with E-state index in [2.05, 4.69) is 16.1 Å². The van der Waals surface area contributed by atoms with E-state index in [9.17, 15) is 18.0 Å². The maximum Gasteiger partial charge on any atom is 0.359 e. The van der Waals surface area contributed by atoms with Gasteiger partial charge in [-0.1, -0.05) is 36.4 Å². The highest BCUT2D eigenvalue weighted by Crippen LogP contribution is 2.35. The van der Waals surface area contributed by atoms with Crippen molar-refractivity contribution in [3.8, 4) is 11.4 Å². The summed E-state index contributed by atoms with van der Waals surface area (Å²) in [4.78, 5) is 28.5. The number of hydrogen-bond donors (Lipinski definition) is 1. The number of H-pyrrole nitrogens is 1. The molecule has 5 rings (SSSR count). The molecule has 0 unspecified atom stereocenters. The van der Waals surface area contributed by atoms with Gasteiger partial charge in [0.2, 0.25) is 9.84 Å². The molecule has 2 aromatic heterocycles. The molecule has 8 nitrogen and oxygen atoms in total. The Balaban J connectivity index is 1.67. The number of aromatic nitrogens is 3. The number of hydrogen-bond acceptors (Lipinski definition) is 6. The third kappa shape index (κ3) is 4.40. The van der Waals surface area contributed by atoms with Crippen LogP contribution < -0.4 is 5.56 Å². The number of aromatic amines is 1. The van der Waals surface area contributed by atoms with Gasteiger partial charge in [-0.15, -0.1) is 0 Å². The van der Waals surface area contributed by atoms with Crippen LogP contribution in [0.1, 0.15) is 45.2 Å². The van der Waals surface area contributed by atoms with Crippen molar-refractivity contribution >= 4 is 15.8 Å². The minimum absolute atomic E-state index is 0.0568. The number of carbonyl (C=O) groups excluding carboxylic acids is 1. The molecule has 0 spiro atoms. The molecule has 0 atom stereocenters. The molecule has 2 heterocycles. The van der Waals surface area contributed by atoms with Crippen molar-refractivity contribution in [2.45, 2.75) is 49.9 Å². The van der Waals surface area contributed by atoms with E-state index in [0.717, 1.165) is 11.1 Å². The van der Waals surface area contributed by atoms with Crippen molar-refractivity contribution in [1.29, 1.82) is 0 Å². The Morgan fingerprint density at radius 2 is 1.81 bits per heavy atom. The maximum absolute atomic E-state index is 13.2. The van der Waals surface area contributed by atoms with Crippen LogP contribution >= 0.6 is 0 Å². The molecule has 0 amide bonds. The standard InChI is InChI=1S/C28H27N3O5S/c1-4-36-28(33)25-22-13-12-20-15-23(37(34,35)21-8-6-5-7-9-21)27(32)29-24(20)26(22)31(30-25)16-19-11-10-17(2)18(3)14-19/h5-11,14-15H,4,12-13,16H2,1-3H3,(H,29,32). The Bertz CT molecular complexity index is 1680. The van der Waals surface area contributed by atoms with E-state index in [0.29, 0.717) is 41.9 Å². The fourth-order valence-electron chi connectivity index (χ4n) is 4.71. The number of esters is 1. The number of nitrogens with one attached hydrogen (secondary N) is 1. The highest BCUT2D eigenvalue weighted by molar-refractivity contribution is 7.91. The molecule has 1 aliphatic carbocycles.